The fraction of sp³-hybridized carbons (Fsp3) is 0.235. The van der Waals surface area contributed by atoms with Crippen LogP contribution in [0.25, 0.3) is 0 Å². The van der Waals surface area contributed by atoms with Gasteiger partial charge in [-0.15, -0.1) is 0 Å². The Balaban J connectivity index is 2.20. The molecule has 0 saturated heterocycles. The molecule has 0 aliphatic carbocycles. The number of carbonyl (C=O) groups is 1. The zero-order chi connectivity index (χ0) is 15.2. The van der Waals surface area contributed by atoms with Crippen molar-refractivity contribution in [2.75, 3.05) is 18.9 Å². The lowest BCUT2D eigenvalue weighted by Gasteiger charge is -2.11. The molecule has 0 atom stereocenters. The average molecular weight is 286 g/mol. The monoisotopic (exact) mass is 286 g/mol. The number of likely N-dealkylation sites (N-methyl/N-ethyl adjacent to an activating group) is 1. The highest BCUT2D eigenvalue weighted by molar-refractivity contribution is 6.05. The van der Waals surface area contributed by atoms with Crippen molar-refractivity contribution in [2.45, 2.75) is 13.3 Å². The average Bonchev–Trinajstić information content (AvgIpc) is 2.48. The number of anilines is 1. The number of amides is 1. The Kier molecular flexibility index (Phi) is 5.06. The molecule has 3 nitrogen and oxygen atoms in total. The van der Waals surface area contributed by atoms with Gasteiger partial charge in [-0.1, -0.05) is 18.2 Å². The normalized spacial score (nSPS) is 10.4. The summed E-state index contributed by atoms with van der Waals surface area (Å²) < 4.78 is 13.1. The van der Waals surface area contributed by atoms with Gasteiger partial charge in [0.1, 0.15) is 5.82 Å². The van der Waals surface area contributed by atoms with E-state index in [2.05, 4.69) is 10.6 Å². The second-order valence-electron chi connectivity index (χ2n) is 4.92. The Labute approximate surface area is 124 Å². The van der Waals surface area contributed by atoms with Gasteiger partial charge in [-0.2, -0.15) is 0 Å². The van der Waals surface area contributed by atoms with Gasteiger partial charge in [0.25, 0.3) is 5.91 Å². The fourth-order valence-corrected chi connectivity index (χ4v) is 2.18. The quantitative estimate of drug-likeness (QED) is 0.886. The lowest BCUT2D eigenvalue weighted by atomic mass is 10.0. The van der Waals surface area contributed by atoms with Crippen LogP contribution in [0.2, 0.25) is 0 Å². The van der Waals surface area contributed by atoms with Crippen LogP contribution < -0.4 is 10.6 Å². The van der Waals surface area contributed by atoms with Crippen molar-refractivity contribution in [3.63, 3.8) is 0 Å². The van der Waals surface area contributed by atoms with Crippen molar-refractivity contribution < 1.29 is 9.18 Å². The van der Waals surface area contributed by atoms with Crippen molar-refractivity contribution in [2.24, 2.45) is 0 Å². The Hall–Kier alpha value is -2.20. The summed E-state index contributed by atoms with van der Waals surface area (Å²) in [6.45, 7) is 2.57. The number of benzene rings is 2. The molecule has 0 fully saturated rings. The molecule has 0 radical (unpaired) electrons. The Morgan fingerprint density at radius 2 is 1.95 bits per heavy atom. The number of carbonyl (C=O) groups excluding carboxylic acids is 1. The summed E-state index contributed by atoms with van der Waals surface area (Å²) in [5.41, 5.74) is 2.97. The van der Waals surface area contributed by atoms with Crippen molar-refractivity contribution in [1.82, 2.24) is 5.32 Å². The molecule has 21 heavy (non-hydrogen) atoms. The summed E-state index contributed by atoms with van der Waals surface area (Å²) in [6.07, 6.45) is 0.780. The van der Waals surface area contributed by atoms with Gasteiger partial charge < -0.3 is 10.6 Å². The van der Waals surface area contributed by atoms with Gasteiger partial charge in [-0.3, -0.25) is 4.79 Å². The summed E-state index contributed by atoms with van der Waals surface area (Å²) in [4.78, 5) is 12.4. The van der Waals surface area contributed by atoms with Gasteiger partial charge in [-0.25, -0.2) is 4.39 Å². The highest BCUT2D eigenvalue weighted by Crippen LogP contribution is 2.18. The SMILES string of the molecule is CNCCc1ccccc1C(=O)Nc1ccc(F)cc1C. The summed E-state index contributed by atoms with van der Waals surface area (Å²) >= 11 is 0. The van der Waals surface area contributed by atoms with Crippen LogP contribution in [0.5, 0.6) is 0 Å². The van der Waals surface area contributed by atoms with E-state index in [1.165, 1.54) is 12.1 Å². The van der Waals surface area contributed by atoms with E-state index >= 15 is 0 Å². The lowest BCUT2D eigenvalue weighted by molar-refractivity contribution is 0.102. The zero-order valence-corrected chi connectivity index (χ0v) is 12.2. The van der Waals surface area contributed by atoms with Crippen LogP contribution >= 0.6 is 0 Å². The molecular formula is C17H19FN2O. The smallest absolute Gasteiger partial charge is 0.255 e. The van der Waals surface area contributed by atoms with Crippen LogP contribution in [0.3, 0.4) is 0 Å². The fourth-order valence-electron chi connectivity index (χ4n) is 2.18. The molecule has 0 unspecified atom stereocenters. The minimum Gasteiger partial charge on any atom is -0.322 e. The second-order valence-corrected chi connectivity index (χ2v) is 4.92. The predicted molar refractivity (Wildman–Crippen MR) is 83.2 cm³/mol. The third-order valence-corrected chi connectivity index (χ3v) is 3.34. The van der Waals surface area contributed by atoms with Crippen molar-refractivity contribution in [3.05, 3.63) is 65.0 Å². The van der Waals surface area contributed by atoms with Gasteiger partial charge in [0.15, 0.2) is 0 Å². The topological polar surface area (TPSA) is 41.1 Å². The van der Waals surface area contributed by atoms with Crippen molar-refractivity contribution >= 4 is 11.6 Å². The molecule has 1 amide bonds. The molecule has 0 aromatic heterocycles. The van der Waals surface area contributed by atoms with Gasteiger partial charge in [-0.05, 0) is 62.3 Å². The van der Waals surface area contributed by atoms with E-state index in [0.717, 1.165) is 18.5 Å². The second kappa shape index (κ2) is 6.99. The van der Waals surface area contributed by atoms with Crippen LogP contribution in [-0.2, 0) is 6.42 Å². The van der Waals surface area contributed by atoms with Gasteiger partial charge in [0.2, 0.25) is 0 Å². The summed E-state index contributed by atoms with van der Waals surface area (Å²) in [5, 5.41) is 5.92. The molecule has 0 bridgehead atoms. The predicted octanol–water partition coefficient (Wildman–Crippen LogP) is 3.15. The largest absolute Gasteiger partial charge is 0.322 e. The molecule has 110 valence electrons. The Morgan fingerprint density at radius 1 is 1.19 bits per heavy atom. The molecule has 0 aliphatic heterocycles. The van der Waals surface area contributed by atoms with Crippen molar-refractivity contribution in [1.29, 1.82) is 0 Å². The highest BCUT2D eigenvalue weighted by atomic mass is 19.1. The van der Waals surface area contributed by atoms with E-state index < -0.39 is 0 Å². The number of nitrogens with one attached hydrogen (secondary N) is 2. The minimum absolute atomic E-state index is 0.170. The minimum atomic E-state index is -0.306. The third-order valence-electron chi connectivity index (χ3n) is 3.34. The Morgan fingerprint density at radius 3 is 2.67 bits per heavy atom. The number of hydrogen-bond acceptors (Lipinski definition) is 2. The molecule has 2 rings (SSSR count). The van der Waals surface area contributed by atoms with Crippen LogP contribution in [0.4, 0.5) is 10.1 Å². The zero-order valence-electron chi connectivity index (χ0n) is 12.2. The first-order valence-electron chi connectivity index (χ1n) is 6.92. The highest BCUT2D eigenvalue weighted by Gasteiger charge is 2.12. The summed E-state index contributed by atoms with van der Waals surface area (Å²) in [6, 6.07) is 11.8. The van der Waals surface area contributed by atoms with Crippen LogP contribution in [-0.4, -0.2) is 19.5 Å². The summed E-state index contributed by atoms with van der Waals surface area (Å²) in [5.74, 6) is -0.476. The lowest BCUT2D eigenvalue weighted by Crippen LogP contribution is -2.17. The van der Waals surface area contributed by atoms with Gasteiger partial charge in [0, 0.05) is 11.3 Å². The molecule has 0 heterocycles. The molecule has 0 spiro atoms. The summed E-state index contributed by atoms with van der Waals surface area (Å²) in [7, 11) is 1.88. The van der Waals surface area contributed by atoms with Crippen LogP contribution in [0.15, 0.2) is 42.5 Å². The molecular weight excluding hydrogens is 267 g/mol. The van der Waals surface area contributed by atoms with Crippen molar-refractivity contribution in [3.8, 4) is 0 Å². The first-order chi connectivity index (χ1) is 10.1. The van der Waals surface area contributed by atoms with E-state index in [1.54, 1.807) is 19.1 Å². The van der Waals surface area contributed by atoms with Gasteiger partial charge >= 0.3 is 0 Å². The maximum absolute atomic E-state index is 13.1. The van der Waals surface area contributed by atoms with Crippen LogP contribution in [0.1, 0.15) is 21.5 Å². The third kappa shape index (κ3) is 3.89. The molecule has 2 aromatic rings. The Bertz CT molecular complexity index is 640. The first kappa shape index (κ1) is 15.2. The van der Waals surface area contributed by atoms with E-state index in [9.17, 15) is 9.18 Å². The van der Waals surface area contributed by atoms with E-state index in [0.29, 0.717) is 16.8 Å². The number of halogens is 1. The first-order valence-corrected chi connectivity index (χ1v) is 6.92. The number of aryl methyl sites for hydroxylation is 1. The molecule has 0 aliphatic rings. The van der Waals surface area contributed by atoms with E-state index in [4.69, 9.17) is 0 Å². The maximum atomic E-state index is 13.1. The van der Waals surface area contributed by atoms with E-state index in [1.807, 2.05) is 25.2 Å². The molecule has 0 saturated carbocycles. The molecule has 2 N–H and O–H groups in total. The number of rotatable bonds is 5. The number of hydrogen-bond donors (Lipinski definition) is 2. The molecule has 4 heteroatoms. The standard InChI is InChI=1S/C17H19FN2O/c1-12-11-14(18)7-8-16(12)20-17(21)15-6-4-3-5-13(15)9-10-19-2/h3-8,11,19H,9-10H2,1-2H3,(H,20,21). The van der Waals surface area contributed by atoms with Crippen LogP contribution in [0, 0.1) is 12.7 Å². The molecule has 2 aromatic carbocycles. The van der Waals surface area contributed by atoms with Gasteiger partial charge in [0.05, 0.1) is 0 Å². The maximum Gasteiger partial charge on any atom is 0.255 e. The van der Waals surface area contributed by atoms with E-state index in [-0.39, 0.29) is 11.7 Å².